The summed E-state index contributed by atoms with van der Waals surface area (Å²) in [5.74, 6) is 0.660. The Balaban J connectivity index is 2.30. The van der Waals surface area contributed by atoms with Gasteiger partial charge in [-0.2, -0.15) is 0 Å². The van der Waals surface area contributed by atoms with E-state index in [4.69, 9.17) is 14.2 Å². The van der Waals surface area contributed by atoms with Gasteiger partial charge in [0.25, 0.3) is 6.23 Å². The number of unbranched alkanes of at least 4 members (excludes halogenated alkanes) is 1. The Labute approximate surface area is 112 Å². The summed E-state index contributed by atoms with van der Waals surface area (Å²) >= 11 is 0. The Bertz CT molecular complexity index is 473. The van der Waals surface area contributed by atoms with E-state index in [0.717, 1.165) is 24.9 Å². The second kappa shape index (κ2) is 5.93. The lowest BCUT2D eigenvalue weighted by Gasteiger charge is -2.11. The molecule has 0 bridgehead atoms. The van der Waals surface area contributed by atoms with Gasteiger partial charge in [-0.3, -0.25) is 0 Å². The minimum atomic E-state index is -0.344. The summed E-state index contributed by atoms with van der Waals surface area (Å²) in [6.45, 7) is 3.07. The van der Waals surface area contributed by atoms with Crippen LogP contribution in [0.4, 0.5) is 0 Å². The van der Waals surface area contributed by atoms with Gasteiger partial charge in [0.2, 0.25) is 0 Å². The fourth-order valence-corrected chi connectivity index (χ4v) is 2.28. The highest BCUT2D eigenvalue weighted by atomic mass is 16.6. The smallest absolute Gasteiger partial charge is 0.347 e. The third-order valence-corrected chi connectivity index (χ3v) is 3.26. The molecule has 0 unspecified atom stereocenters. The van der Waals surface area contributed by atoms with Crippen molar-refractivity contribution in [2.24, 2.45) is 0 Å². The fraction of sp³-hybridized carbons (Fsp3) is 0.500. The first-order valence-corrected chi connectivity index (χ1v) is 6.52. The third kappa shape index (κ3) is 2.51. The molecule has 0 radical (unpaired) electrons. The highest BCUT2D eigenvalue weighted by Crippen LogP contribution is 2.39. The molecule has 1 atom stereocenters. The topological polar surface area (TPSA) is 61.4 Å². The maximum Gasteiger partial charge on any atom is 0.347 e. The van der Waals surface area contributed by atoms with Crippen molar-refractivity contribution < 1.29 is 24.3 Å². The molecule has 5 heteroatoms. The number of nitrogens with two attached hydrogens (primary N) is 1. The van der Waals surface area contributed by atoms with Crippen LogP contribution < -0.4 is 14.8 Å². The molecule has 0 aromatic heterocycles. The van der Waals surface area contributed by atoms with Gasteiger partial charge in [0, 0.05) is 0 Å². The van der Waals surface area contributed by atoms with Crippen LogP contribution in [-0.2, 0) is 4.74 Å². The zero-order chi connectivity index (χ0) is 13.8. The summed E-state index contributed by atoms with van der Waals surface area (Å²) in [5.41, 5.74) is 1.35. The lowest BCUT2D eigenvalue weighted by Crippen LogP contribution is -2.85. The van der Waals surface area contributed by atoms with Crippen molar-refractivity contribution in [1.82, 2.24) is 0 Å². The minimum absolute atomic E-state index is 0.270. The number of carbonyl (C=O) groups is 1. The standard InChI is InChI=1S/C14H19NO4/c1-4-5-8-15-13-9-6-7-10(17-2)12(18-3)11(9)14(16)19-13/h6-7,13,15H,4-5,8H2,1-3H3/p+1/t13-/m0/s1. The Morgan fingerprint density at radius 3 is 2.74 bits per heavy atom. The van der Waals surface area contributed by atoms with Crippen molar-refractivity contribution in [3.63, 3.8) is 0 Å². The summed E-state index contributed by atoms with van der Waals surface area (Å²) in [4.78, 5) is 12.0. The molecular formula is C14H20NO4+. The van der Waals surface area contributed by atoms with Crippen molar-refractivity contribution in [1.29, 1.82) is 0 Å². The lowest BCUT2D eigenvalue weighted by molar-refractivity contribution is -0.727. The van der Waals surface area contributed by atoms with E-state index in [1.54, 1.807) is 13.2 Å². The first-order valence-electron chi connectivity index (χ1n) is 6.52. The number of fused-ring (bicyclic) bond motifs is 1. The van der Waals surface area contributed by atoms with Crippen LogP contribution in [0.5, 0.6) is 11.5 Å². The van der Waals surface area contributed by atoms with E-state index in [-0.39, 0.29) is 12.2 Å². The van der Waals surface area contributed by atoms with Crippen molar-refractivity contribution in [3.05, 3.63) is 23.3 Å². The van der Waals surface area contributed by atoms with E-state index in [9.17, 15) is 4.79 Å². The highest BCUT2D eigenvalue weighted by Gasteiger charge is 2.37. The summed E-state index contributed by atoms with van der Waals surface area (Å²) in [6, 6.07) is 3.68. The van der Waals surface area contributed by atoms with Gasteiger partial charge in [0.05, 0.1) is 26.3 Å². The van der Waals surface area contributed by atoms with E-state index >= 15 is 0 Å². The number of benzene rings is 1. The molecule has 19 heavy (non-hydrogen) atoms. The minimum Gasteiger partial charge on any atom is -0.493 e. The van der Waals surface area contributed by atoms with Crippen LogP contribution in [-0.4, -0.2) is 26.7 Å². The number of esters is 1. The largest absolute Gasteiger partial charge is 0.493 e. The van der Waals surface area contributed by atoms with Gasteiger partial charge in [-0.25, -0.2) is 4.79 Å². The molecule has 0 fully saturated rings. The predicted molar refractivity (Wildman–Crippen MR) is 69.4 cm³/mol. The van der Waals surface area contributed by atoms with Gasteiger partial charge < -0.3 is 19.5 Å². The van der Waals surface area contributed by atoms with E-state index in [1.165, 1.54) is 7.11 Å². The molecule has 5 nitrogen and oxygen atoms in total. The van der Waals surface area contributed by atoms with E-state index in [0.29, 0.717) is 17.1 Å². The number of quaternary nitrogens is 1. The number of ether oxygens (including phenoxy) is 3. The lowest BCUT2D eigenvalue weighted by atomic mass is 10.1. The van der Waals surface area contributed by atoms with E-state index in [2.05, 4.69) is 6.92 Å². The molecule has 0 spiro atoms. The number of methoxy groups -OCH3 is 2. The Morgan fingerprint density at radius 2 is 2.11 bits per heavy atom. The molecule has 1 aromatic rings. The molecule has 1 aromatic carbocycles. The summed E-state index contributed by atoms with van der Waals surface area (Å²) in [5, 5.41) is 2.04. The second-order valence-electron chi connectivity index (χ2n) is 4.47. The number of carbonyl (C=O) groups excluding carboxylic acids is 1. The molecule has 0 amide bonds. The van der Waals surface area contributed by atoms with Crippen molar-refractivity contribution >= 4 is 5.97 Å². The van der Waals surface area contributed by atoms with Crippen LogP contribution in [0.15, 0.2) is 12.1 Å². The molecule has 0 saturated carbocycles. The fourth-order valence-electron chi connectivity index (χ4n) is 2.28. The van der Waals surface area contributed by atoms with Gasteiger partial charge in [0.15, 0.2) is 11.5 Å². The van der Waals surface area contributed by atoms with Crippen LogP contribution in [0.25, 0.3) is 0 Å². The first-order chi connectivity index (χ1) is 9.22. The average molecular weight is 266 g/mol. The molecular weight excluding hydrogens is 246 g/mol. The molecule has 1 heterocycles. The van der Waals surface area contributed by atoms with Gasteiger partial charge in [-0.15, -0.1) is 0 Å². The van der Waals surface area contributed by atoms with Crippen LogP contribution in [0.2, 0.25) is 0 Å². The second-order valence-corrected chi connectivity index (χ2v) is 4.47. The molecule has 1 aliphatic rings. The average Bonchev–Trinajstić information content (AvgIpc) is 2.75. The van der Waals surface area contributed by atoms with Crippen molar-refractivity contribution in [2.75, 3.05) is 20.8 Å². The number of cyclic esters (lactones) is 1. The van der Waals surface area contributed by atoms with Crippen molar-refractivity contribution in [3.8, 4) is 11.5 Å². The van der Waals surface area contributed by atoms with Crippen LogP contribution >= 0.6 is 0 Å². The van der Waals surface area contributed by atoms with Gasteiger partial charge in [0.1, 0.15) is 5.56 Å². The molecule has 104 valence electrons. The zero-order valence-corrected chi connectivity index (χ0v) is 11.6. The van der Waals surface area contributed by atoms with E-state index < -0.39 is 0 Å². The van der Waals surface area contributed by atoms with Crippen LogP contribution in [0.1, 0.15) is 41.9 Å². The SMILES string of the molecule is CCCC[NH2+][C@H]1OC(=O)c2c1ccc(OC)c2OC. The molecule has 1 aliphatic heterocycles. The summed E-state index contributed by atoms with van der Waals surface area (Å²) in [6.07, 6.45) is 1.95. The van der Waals surface area contributed by atoms with E-state index in [1.807, 2.05) is 11.4 Å². The Morgan fingerprint density at radius 1 is 1.32 bits per heavy atom. The highest BCUT2D eigenvalue weighted by molar-refractivity contribution is 5.97. The monoisotopic (exact) mass is 266 g/mol. The normalized spacial score (nSPS) is 17.0. The Hall–Kier alpha value is -1.75. The number of hydrogen-bond acceptors (Lipinski definition) is 4. The molecule has 2 N–H and O–H groups in total. The maximum absolute atomic E-state index is 12.0. The third-order valence-electron chi connectivity index (χ3n) is 3.26. The molecule has 2 rings (SSSR count). The molecule has 0 aliphatic carbocycles. The van der Waals surface area contributed by atoms with Crippen molar-refractivity contribution in [2.45, 2.75) is 26.0 Å². The zero-order valence-electron chi connectivity index (χ0n) is 11.6. The summed E-state index contributed by atoms with van der Waals surface area (Å²) < 4.78 is 15.9. The quantitative estimate of drug-likeness (QED) is 0.621. The summed E-state index contributed by atoms with van der Waals surface area (Å²) in [7, 11) is 3.08. The Kier molecular flexibility index (Phi) is 4.27. The number of hydrogen-bond donors (Lipinski definition) is 1. The maximum atomic E-state index is 12.0. The predicted octanol–water partition coefficient (Wildman–Crippen LogP) is 1.24. The van der Waals surface area contributed by atoms with Gasteiger partial charge in [-0.05, 0) is 18.6 Å². The van der Waals surface area contributed by atoms with Crippen LogP contribution in [0, 0.1) is 0 Å². The van der Waals surface area contributed by atoms with Gasteiger partial charge >= 0.3 is 5.97 Å². The van der Waals surface area contributed by atoms with Crippen LogP contribution in [0.3, 0.4) is 0 Å². The first kappa shape index (κ1) is 13.7. The number of rotatable bonds is 6. The van der Waals surface area contributed by atoms with Gasteiger partial charge in [-0.1, -0.05) is 13.3 Å². The molecule has 0 saturated heterocycles.